The third-order valence-electron chi connectivity index (χ3n) is 4.88. The van der Waals surface area contributed by atoms with Crippen LogP contribution in [0.15, 0.2) is 51.0 Å². The summed E-state index contributed by atoms with van der Waals surface area (Å²) < 4.78 is 29.8. The topological polar surface area (TPSA) is 110 Å². The minimum Gasteiger partial charge on any atom is -0.496 e. The first-order valence-electron chi connectivity index (χ1n) is 9.70. The second kappa shape index (κ2) is 7.90. The van der Waals surface area contributed by atoms with Crippen molar-refractivity contribution in [3.05, 3.63) is 47.7 Å². The molecule has 166 valence electrons. The molecule has 5 heterocycles. The fraction of sp³-hybridized carbons (Fsp3) is 0.143. The number of nitrogens with zero attached hydrogens (tertiary/aromatic N) is 5. The standard InChI is InChI=1S/C21H15N5O5S2/c1-27-12-5-16(29-9-11-10-32-19(24-11)15-3-4-23-31-15)13-7-18(30-17(13)6-12)14-8-22-20-26(14)25-21(28-2)33-20/h3-8,10H,9H2,1-2H3. The molecule has 33 heavy (non-hydrogen) atoms. The maximum Gasteiger partial charge on any atom is 0.294 e. The molecule has 0 bridgehead atoms. The van der Waals surface area contributed by atoms with Crippen LogP contribution < -0.4 is 14.2 Å². The molecule has 10 nitrogen and oxygen atoms in total. The summed E-state index contributed by atoms with van der Waals surface area (Å²) in [4.78, 5) is 9.66. The Morgan fingerprint density at radius 2 is 2.06 bits per heavy atom. The molecule has 0 aliphatic carbocycles. The van der Waals surface area contributed by atoms with E-state index in [1.54, 1.807) is 37.2 Å². The molecule has 5 aromatic heterocycles. The van der Waals surface area contributed by atoms with Crippen LogP contribution in [0.1, 0.15) is 5.69 Å². The lowest BCUT2D eigenvalue weighted by Gasteiger charge is -2.07. The van der Waals surface area contributed by atoms with Gasteiger partial charge in [0, 0.05) is 23.6 Å². The number of furan rings is 1. The zero-order valence-electron chi connectivity index (χ0n) is 17.3. The normalized spacial score (nSPS) is 11.5. The lowest BCUT2D eigenvalue weighted by molar-refractivity contribution is 0.303. The van der Waals surface area contributed by atoms with Crippen molar-refractivity contribution in [2.75, 3.05) is 14.2 Å². The van der Waals surface area contributed by atoms with Crippen molar-refractivity contribution in [3.8, 4) is 38.9 Å². The highest BCUT2D eigenvalue weighted by Crippen LogP contribution is 2.38. The minimum absolute atomic E-state index is 0.271. The molecule has 0 saturated heterocycles. The van der Waals surface area contributed by atoms with E-state index in [2.05, 4.69) is 20.2 Å². The van der Waals surface area contributed by atoms with Crippen LogP contribution in [0.25, 0.3) is 38.2 Å². The third-order valence-corrected chi connectivity index (χ3v) is 6.67. The van der Waals surface area contributed by atoms with Gasteiger partial charge in [0.05, 0.1) is 37.7 Å². The number of imidazole rings is 1. The molecule has 0 fully saturated rings. The van der Waals surface area contributed by atoms with Crippen molar-refractivity contribution < 1.29 is 23.2 Å². The van der Waals surface area contributed by atoms with Gasteiger partial charge in [0.15, 0.2) is 16.5 Å². The van der Waals surface area contributed by atoms with Crippen LogP contribution in [0.2, 0.25) is 0 Å². The Morgan fingerprint density at radius 3 is 2.88 bits per heavy atom. The molecule has 0 aliphatic rings. The zero-order chi connectivity index (χ0) is 22.4. The van der Waals surface area contributed by atoms with E-state index in [1.807, 2.05) is 23.6 Å². The molecule has 0 atom stereocenters. The van der Waals surface area contributed by atoms with Gasteiger partial charge in [-0.05, 0) is 17.4 Å². The van der Waals surface area contributed by atoms with E-state index in [1.165, 1.54) is 22.7 Å². The van der Waals surface area contributed by atoms with Gasteiger partial charge < -0.3 is 23.2 Å². The summed E-state index contributed by atoms with van der Waals surface area (Å²) >= 11 is 2.82. The van der Waals surface area contributed by atoms with Crippen LogP contribution >= 0.6 is 22.7 Å². The maximum absolute atomic E-state index is 6.12. The van der Waals surface area contributed by atoms with Crippen LogP contribution in [0.4, 0.5) is 0 Å². The molecule has 0 amide bonds. The van der Waals surface area contributed by atoms with Gasteiger partial charge in [0.2, 0.25) is 4.96 Å². The highest BCUT2D eigenvalue weighted by atomic mass is 32.1. The molecule has 0 N–H and O–H groups in total. The first kappa shape index (κ1) is 19.8. The van der Waals surface area contributed by atoms with E-state index in [9.17, 15) is 0 Å². The van der Waals surface area contributed by atoms with E-state index in [0.717, 1.165) is 16.1 Å². The summed E-state index contributed by atoms with van der Waals surface area (Å²) in [6.45, 7) is 0.271. The molecular weight excluding hydrogens is 466 g/mol. The van der Waals surface area contributed by atoms with Gasteiger partial charge in [0.1, 0.15) is 29.4 Å². The van der Waals surface area contributed by atoms with Crippen LogP contribution in [0.5, 0.6) is 16.7 Å². The fourth-order valence-corrected chi connectivity index (χ4v) is 4.79. The molecule has 1 aromatic carbocycles. The highest BCUT2D eigenvalue weighted by Gasteiger charge is 2.19. The Hall–Kier alpha value is -3.90. The minimum atomic E-state index is 0.271. The molecule has 6 aromatic rings. The van der Waals surface area contributed by atoms with E-state index < -0.39 is 0 Å². The molecule has 0 unspecified atom stereocenters. The largest absolute Gasteiger partial charge is 0.496 e. The van der Waals surface area contributed by atoms with Gasteiger partial charge in [-0.15, -0.1) is 16.4 Å². The van der Waals surface area contributed by atoms with E-state index in [4.69, 9.17) is 23.2 Å². The summed E-state index contributed by atoms with van der Waals surface area (Å²) in [5.41, 5.74) is 2.11. The monoisotopic (exact) mass is 481 g/mol. The lowest BCUT2D eigenvalue weighted by atomic mass is 10.2. The van der Waals surface area contributed by atoms with Gasteiger partial charge >= 0.3 is 0 Å². The first-order valence-corrected chi connectivity index (χ1v) is 11.4. The van der Waals surface area contributed by atoms with E-state index in [0.29, 0.717) is 44.5 Å². The number of fused-ring (bicyclic) bond motifs is 2. The summed E-state index contributed by atoms with van der Waals surface area (Å²) in [5.74, 6) is 2.46. The summed E-state index contributed by atoms with van der Waals surface area (Å²) in [6, 6.07) is 7.31. The highest BCUT2D eigenvalue weighted by molar-refractivity contribution is 7.18. The van der Waals surface area contributed by atoms with Crippen molar-refractivity contribution >= 4 is 38.6 Å². The Bertz CT molecular complexity index is 1560. The third kappa shape index (κ3) is 3.49. The molecule has 12 heteroatoms. The van der Waals surface area contributed by atoms with Crippen molar-refractivity contribution in [1.82, 2.24) is 24.7 Å². The van der Waals surface area contributed by atoms with Gasteiger partial charge in [-0.25, -0.2) is 9.97 Å². The van der Waals surface area contributed by atoms with Crippen LogP contribution in [-0.4, -0.2) is 39.0 Å². The fourth-order valence-electron chi connectivity index (χ4n) is 3.34. The van der Waals surface area contributed by atoms with Crippen molar-refractivity contribution in [3.63, 3.8) is 0 Å². The van der Waals surface area contributed by atoms with E-state index >= 15 is 0 Å². The van der Waals surface area contributed by atoms with Gasteiger partial charge in [-0.2, -0.15) is 4.52 Å². The Labute approximate surface area is 194 Å². The number of rotatable bonds is 7. The second-order valence-electron chi connectivity index (χ2n) is 6.87. The number of ether oxygens (including phenoxy) is 3. The lowest BCUT2D eigenvalue weighted by Crippen LogP contribution is -1.96. The number of hydrogen-bond donors (Lipinski definition) is 0. The number of thiazole rings is 1. The van der Waals surface area contributed by atoms with Gasteiger partial charge in [-0.3, -0.25) is 0 Å². The molecule has 0 saturated carbocycles. The molecule has 0 aliphatic heterocycles. The number of benzene rings is 1. The molecule has 6 rings (SSSR count). The second-order valence-corrected chi connectivity index (χ2v) is 8.64. The first-order chi connectivity index (χ1) is 16.2. The molecule has 0 radical (unpaired) electrons. The summed E-state index contributed by atoms with van der Waals surface area (Å²) in [5, 5.41) is 12.1. The molecular formula is C21H15N5O5S2. The summed E-state index contributed by atoms with van der Waals surface area (Å²) in [7, 11) is 3.17. The number of methoxy groups -OCH3 is 2. The zero-order valence-corrected chi connectivity index (χ0v) is 19.0. The Kier molecular flexibility index (Phi) is 4.73. The number of hydrogen-bond acceptors (Lipinski definition) is 11. The van der Waals surface area contributed by atoms with Crippen molar-refractivity contribution in [2.45, 2.75) is 6.61 Å². The van der Waals surface area contributed by atoms with E-state index in [-0.39, 0.29) is 6.61 Å². The van der Waals surface area contributed by atoms with Crippen molar-refractivity contribution in [1.29, 1.82) is 0 Å². The predicted molar refractivity (Wildman–Crippen MR) is 121 cm³/mol. The average Bonchev–Trinajstić information content (AvgIpc) is 3.63. The van der Waals surface area contributed by atoms with Crippen LogP contribution in [-0.2, 0) is 6.61 Å². The van der Waals surface area contributed by atoms with Gasteiger partial charge in [0.25, 0.3) is 5.19 Å². The Morgan fingerprint density at radius 1 is 1.12 bits per heavy atom. The SMILES string of the molecule is COc1cc(OCc2csc(-c3ccno3)n2)c2cc(-c3cnc4sc(OC)nn34)oc2c1. The predicted octanol–water partition coefficient (Wildman–Crippen LogP) is 4.91. The maximum atomic E-state index is 6.12. The van der Waals surface area contributed by atoms with Gasteiger partial charge in [-0.1, -0.05) is 5.16 Å². The number of aromatic nitrogens is 5. The van der Waals surface area contributed by atoms with Crippen LogP contribution in [0, 0.1) is 0 Å². The van der Waals surface area contributed by atoms with Crippen LogP contribution in [0.3, 0.4) is 0 Å². The quantitative estimate of drug-likeness (QED) is 0.314. The molecule has 0 spiro atoms. The smallest absolute Gasteiger partial charge is 0.294 e. The summed E-state index contributed by atoms with van der Waals surface area (Å²) in [6.07, 6.45) is 3.31. The Balaban J connectivity index is 1.34. The average molecular weight is 482 g/mol. The van der Waals surface area contributed by atoms with Crippen molar-refractivity contribution in [2.24, 2.45) is 0 Å².